The van der Waals surface area contributed by atoms with E-state index in [-0.39, 0.29) is 31.5 Å². The molecule has 2 aliphatic rings. The smallest absolute Gasteiger partial charge is 0.407 e. The van der Waals surface area contributed by atoms with E-state index in [1.54, 1.807) is 0 Å². The lowest BCUT2D eigenvalue weighted by Gasteiger charge is -2.37. The van der Waals surface area contributed by atoms with Crippen LogP contribution in [-0.4, -0.2) is 59.7 Å². The highest BCUT2D eigenvalue weighted by Crippen LogP contribution is 2.38. The van der Waals surface area contributed by atoms with Crippen molar-refractivity contribution in [2.75, 3.05) is 26.2 Å². The van der Waals surface area contributed by atoms with Crippen molar-refractivity contribution in [1.82, 2.24) is 10.2 Å². The standard InChI is InChI=1S/C27H34N2O6/c1-2-13-33-27(32)28-15-19-3-9-22(10-4-19)26-34-24(17-29-12-11-23(31)16-29)14-25(35-26)21-7-5-20(18-30)6-8-21/h2-10,23-26,30-31H,1,11-18H2,(H,28,32). The van der Waals surface area contributed by atoms with Crippen molar-refractivity contribution >= 4 is 6.09 Å². The molecule has 3 N–H and O–H groups in total. The van der Waals surface area contributed by atoms with Crippen LogP contribution in [-0.2, 0) is 27.4 Å². The molecule has 1 amide bonds. The number of nitrogens with one attached hydrogen (secondary N) is 1. The van der Waals surface area contributed by atoms with E-state index in [2.05, 4.69) is 16.8 Å². The Hall–Kier alpha value is -2.75. The Morgan fingerprint density at radius 3 is 2.49 bits per heavy atom. The van der Waals surface area contributed by atoms with Gasteiger partial charge in [-0.2, -0.15) is 0 Å². The lowest BCUT2D eigenvalue weighted by atomic mass is 9.99. The number of carbonyl (C=O) groups excluding carboxylic acids is 1. The first-order valence-corrected chi connectivity index (χ1v) is 12.1. The molecule has 4 atom stereocenters. The summed E-state index contributed by atoms with van der Waals surface area (Å²) in [5.41, 5.74) is 3.73. The lowest BCUT2D eigenvalue weighted by Crippen LogP contribution is -2.38. The first-order chi connectivity index (χ1) is 17.0. The highest BCUT2D eigenvalue weighted by atomic mass is 16.7. The van der Waals surface area contributed by atoms with E-state index >= 15 is 0 Å². The Bertz CT molecular complexity index is 965. The van der Waals surface area contributed by atoms with Crippen molar-refractivity contribution in [3.05, 3.63) is 83.4 Å². The van der Waals surface area contributed by atoms with Crippen molar-refractivity contribution in [1.29, 1.82) is 0 Å². The van der Waals surface area contributed by atoms with E-state index in [9.17, 15) is 15.0 Å². The third-order valence-corrected chi connectivity index (χ3v) is 6.35. The maximum atomic E-state index is 11.6. The fourth-order valence-corrected chi connectivity index (χ4v) is 4.45. The summed E-state index contributed by atoms with van der Waals surface area (Å²) in [6.07, 6.45) is 1.50. The Morgan fingerprint density at radius 2 is 1.83 bits per heavy atom. The maximum Gasteiger partial charge on any atom is 0.407 e. The number of aliphatic hydroxyl groups is 2. The van der Waals surface area contributed by atoms with Crippen LogP contribution in [0.5, 0.6) is 0 Å². The maximum absolute atomic E-state index is 11.6. The quantitative estimate of drug-likeness (QED) is 0.472. The number of hydrogen-bond donors (Lipinski definition) is 3. The van der Waals surface area contributed by atoms with Crippen LogP contribution in [0.1, 0.15) is 47.5 Å². The second kappa shape index (κ2) is 12.3. The molecule has 0 saturated carbocycles. The Balaban J connectivity index is 1.44. The zero-order valence-electron chi connectivity index (χ0n) is 19.8. The largest absolute Gasteiger partial charge is 0.445 e. The van der Waals surface area contributed by atoms with Gasteiger partial charge in [-0.3, -0.25) is 4.90 Å². The highest BCUT2D eigenvalue weighted by Gasteiger charge is 2.34. The minimum absolute atomic E-state index is 0.00460. The number of β-amino-alcohol motifs (C(OH)–C–C–N with tert-alkyl or cyclic N) is 1. The number of ether oxygens (including phenoxy) is 3. The molecule has 8 nitrogen and oxygen atoms in total. The fourth-order valence-electron chi connectivity index (χ4n) is 4.45. The summed E-state index contributed by atoms with van der Waals surface area (Å²) in [6.45, 7) is 6.30. The third-order valence-electron chi connectivity index (χ3n) is 6.35. The SMILES string of the molecule is C=CCOC(=O)NCc1ccc(C2OC(CN3CCC(O)C3)CC(c3ccc(CO)cc3)O2)cc1. The number of likely N-dealkylation sites (tertiary alicyclic amines) is 1. The Kier molecular flexibility index (Phi) is 8.90. The van der Waals surface area contributed by atoms with E-state index in [4.69, 9.17) is 14.2 Å². The van der Waals surface area contributed by atoms with E-state index in [1.165, 1.54) is 6.08 Å². The van der Waals surface area contributed by atoms with Crippen LogP contribution in [0.4, 0.5) is 4.79 Å². The van der Waals surface area contributed by atoms with Gasteiger partial charge in [-0.25, -0.2) is 4.79 Å². The third kappa shape index (κ3) is 7.13. The number of nitrogens with zero attached hydrogens (tertiary/aromatic N) is 1. The second-order valence-electron chi connectivity index (χ2n) is 9.03. The van der Waals surface area contributed by atoms with Gasteiger partial charge in [-0.15, -0.1) is 0 Å². The van der Waals surface area contributed by atoms with Crippen molar-refractivity contribution < 1.29 is 29.2 Å². The molecule has 0 aromatic heterocycles. The molecule has 188 valence electrons. The molecular weight excluding hydrogens is 448 g/mol. The molecule has 4 unspecified atom stereocenters. The molecular formula is C27H34N2O6. The van der Waals surface area contributed by atoms with Crippen LogP contribution < -0.4 is 5.32 Å². The molecule has 8 heteroatoms. The summed E-state index contributed by atoms with van der Waals surface area (Å²) in [4.78, 5) is 13.9. The molecule has 2 aromatic rings. The number of aliphatic hydroxyl groups excluding tert-OH is 2. The average Bonchev–Trinajstić information content (AvgIpc) is 3.30. The first kappa shape index (κ1) is 25.3. The van der Waals surface area contributed by atoms with Gasteiger partial charge < -0.3 is 29.7 Å². The van der Waals surface area contributed by atoms with E-state index in [0.717, 1.165) is 41.8 Å². The summed E-state index contributed by atoms with van der Waals surface area (Å²) in [6, 6.07) is 15.6. The Morgan fingerprint density at radius 1 is 1.11 bits per heavy atom. The van der Waals surface area contributed by atoms with Crippen molar-refractivity contribution in [3.8, 4) is 0 Å². The zero-order valence-corrected chi connectivity index (χ0v) is 19.8. The molecule has 2 aromatic carbocycles. The number of carbonyl (C=O) groups is 1. The molecule has 0 bridgehead atoms. The summed E-state index contributed by atoms with van der Waals surface area (Å²) >= 11 is 0. The monoisotopic (exact) mass is 482 g/mol. The number of amides is 1. The normalized spacial score (nSPS) is 24.7. The van der Waals surface area contributed by atoms with E-state index < -0.39 is 12.4 Å². The number of alkyl carbamates (subject to hydrolysis) is 1. The van der Waals surface area contributed by atoms with Crippen molar-refractivity contribution in [3.63, 3.8) is 0 Å². The molecule has 0 spiro atoms. The summed E-state index contributed by atoms with van der Waals surface area (Å²) in [5, 5.41) is 22.0. The first-order valence-electron chi connectivity index (χ1n) is 12.1. The summed E-state index contributed by atoms with van der Waals surface area (Å²) in [5.74, 6) is 0. The van der Waals surface area contributed by atoms with E-state index in [1.807, 2.05) is 48.5 Å². The molecule has 2 fully saturated rings. The van der Waals surface area contributed by atoms with Gasteiger partial charge in [0.2, 0.25) is 0 Å². The minimum atomic E-state index is -0.539. The number of hydrogen-bond acceptors (Lipinski definition) is 7. The summed E-state index contributed by atoms with van der Waals surface area (Å²) < 4.78 is 17.7. The molecule has 35 heavy (non-hydrogen) atoms. The molecule has 2 aliphatic heterocycles. The minimum Gasteiger partial charge on any atom is -0.445 e. The van der Waals surface area contributed by atoms with Gasteiger partial charge in [-0.1, -0.05) is 61.2 Å². The molecule has 0 radical (unpaired) electrons. The van der Waals surface area contributed by atoms with Crippen LogP contribution in [0, 0.1) is 0 Å². The van der Waals surface area contributed by atoms with Crippen molar-refractivity contribution in [2.24, 2.45) is 0 Å². The molecule has 0 aliphatic carbocycles. The van der Waals surface area contributed by atoms with Gasteiger partial charge in [0.05, 0.1) is 24.9 Å². The van der Waals surface area contributed by atoms with Gasteiger partial charge in [-0.05, 0) is 23.1 Å². The molecule has 4 rings (SSSR count). The molecule has 2 saturated heterocycles. The van der Waals surface area contributed by atoms with Crippen LogP contribution in [0.15, 0.2) is 61.2 Å². The number of rotatable bonds is 9. The Labute approximate surface area is 206 Å². The second-order valence-corrected chi connectivity index (χ2v) is 9.03. The summed E-state index contributed by atoms with van der Waals surface area (Å²) in [7, 11) is 0. The van der Waals surface area contributed by atoms with Gasteiger partial charge in [0.15, 0.2) is 6.29 Å². The van der Waals surface area contributed by atoms with Crippen LogP contribution >= 0.6 is 0 Å². The van der Waals surface area contributed by atoms with Gasteiger partial charge in [0.25, 0.3) is 0 Å². The predicted octanol–water partition coefficient (Wildman–Crippen LogP) is 3.20. The van der Waals surface area contributed by atoms with Crippen LogP contribution in [0.3, 0.4) is 0 Å². The topological polar surface area (TPSA) is 100 Å². The predicted molar refractivity (Wildman–Crippen MR) is 130 cm³/mol. The average molecular weight is 483 g/mol. The molecule has 2 heterocycles. The number of benzene rings is 2. The van der Waals surface area contributed by atoms with Gasteiger partial charge >= 0.3 is 6.09 Å². The van der Waals surface area contributed by atoms with Crippen LogP contribution in [0.2, 0.25) is 0 Å². The van der Waals surface area contributed by atoms with Gasteiger partial charge in [0.1, 0.15) is 6.61 Å². The fraction of sp³-hybridized carbons (Fsp3) is 0.444. The zero-order chi connectivity index (χ0) is 24.6. The van der Waals surface area contributed by atoms with Gasteiger partial charge in [0, 0.05) is 38.2 Å². The van der Waals surface area contributed by atoms with Crippen molar-refractivity contribution in [2.45, 2.75) is 50.6 Å². The van der Waals surface area contributed by atoms with E-state index in [0.29, 0.717) is 19.5 Å². The lowest BCUT2D eigenvalue weighted by molar-refractivity contribution is -0.252. The van der Waals surface area contributed by atoms with Crippen LogP contribution in [0.25, 0.3) is 0 Å². The highest BCUT2D eigenvalue weighted by molar-refractivity contribution is 5.67.